The lowest BCUT2D eigenvalue weighted by atomic mass is 9.87. The third kappa shape index (κ3) is 3.48. The molecule has 0 saturated carbocycles. The molecule has 134 valence electrons. The molecule has 0 radical (unpaired) electrons. The normalized spacial score (nSPS) is 11.7. The van der Waals surface area contributed by atoms with Crippen LogP contribution < -0.4 is 0 Å². The van der Waals surface area contributed by atoms with Crippen molar-refractivity contribution in [1.29, 1.82) is 0 Å². The van der Waals surface area contributed by atoms with Gasteiger partial charge in [0.05, 0.1) is 11.9 Å². The minimum absolute atomic E-state index is 0.112. The molecule has 2 heterocycles. The average molecular weight is 371 g/mol. The Bertz CT molecular complexity index is 1020. The lowest BCUT2D eigenvalue weighted by Gasteiger charge is -2.19. The molecule has 0 aliphatic heterocycles. The summed E-state index contributed by atoms with van der Waals surface area (Å²) in [5, 5.41) is 10.3. The van der Waals surface area contributed by atoms with Crippen LogP contribution in [0.25, 0.3) is 10.9 Å². The number of pyridine rings is 1. The maximum atomic E-state index is 13.0. The monoisotopic (exact) mass is 370 g/mol. The van der Waals surface area contributed by atoms with Crippen molar-refractivity contribution < 1.29 is 14.7 Å². The fourth-order valence-corrected chi connectivity index (χ4v) is 3.05. The zero-order valence-electron chi connectivity index (χ0n) is 14.8. The number of hydrogen-bond donors (Lipinski definition) is 1. The van der Waals surface area contributed by atoms with Crippen LogP contribution in [0.5, 0.6) is 0 Å². The molecule has 0 unspecified atom stereocenters. The zero-order chi connectivity index (χ0) is 19.1. The van der Waals surface area contributed by atoms with Gasteiger partial charge in [0.15, 0.2) is 0 Å². The van der Waals surface area contributed by atoms with Crippen molar-refractivity contribution >= 4 is 34.4 Å². The van der Waals surface area contributed by atoms with Gasteiger partial charge in [-0.1, -0.05) is 32.4 Å². The third-order valence-electron chi connectivity index (χ3n) is 4.25. The Morgan fingerprint density at radius 1 is 1.19 bits per heavy atom. The predicted molar refractivity (Wildman–Crippen MR) is 101 cm³/mol. The van der Waals surface area contributed by atoms with Crippen LogP contribution >= 0.6 is 11.6 Å². The number of aromatic nitrogens is 2. The highest BCUT2D eigenvalue weighted by Crippen LogP contribution is 2.27. The fourth-order valence-electron chi connectivity index (χ4n) is 2.88. The highest BCUT2D eigenvalue weighted by atomic mass is 35.5. The second kappa shape index (κ2) is 6.57. The quantitative estimate of drug-likeness (QED) is 0.745. The molecule has 1 N–H and O–H groups in total. The van der Waals surface area contributed by atoms with Crippen LogP contribution in [0.15, 0.2) is 42.7 Å². The average Bonchev–Trinajstić information content (AvgIpc) is 2.90. The number of carbonyl (C=O) groups excluding carboxylic acids is 1. The molecule has 3 aromatic rings. The van der Waals surface area contributed by atoms with E-state index >= 15 is 0 Å². The van der Waals surface area contributed by atoms with Crippen LogP contribution in [0, 0.1) is 0 Å². The van der Waals surface area contributed by atoms with E-state index in [9.17, 15) is 9.59 Å². The lowest BCUT2D eigenvalue weighted by molar-refractivity contribution is -0.136. The summed E-state index contributed by atoms with van der Waals surface area (Å²) in [6, 6.07) is 8.74. The highest BCUT2D eigenvalue weighted by molar-refractivity contribution is 6.31. The first-order chi connectivity index (χ1) is 12.2. The van der Waals surface area contributed by atoms with Gasteiger partial charge >= 0.3 is 5.97 Å². The molecular weight excluding hydrogens is 352 g/mol. The van der Waals surface area contributed by atoms with Crippen molar-refractivity contribution in [3.05, 3.63) is 64.6 Å². The van der Waals surface area contributed by atoms with Gasteiger partial charge in [0.1, 0.15) is 5.69 Å². The second-order valence-electron chi connectivity index (χ2n) is 7.24. The van der Waals surface area contributed by atoms with Crippen molar-refractivity contribution in [1.82, 2.24) is 9.55 Å². The minimum Gasteiger partial charge on any atom is -0.481 e. The maximum Gasteiger partial charge on any atom is 0.307 e. The molecule has 1 aromatic carbocycles. The third-order valence-corrected chi connectivity index (χ3v) is 4.49. The molecule has 0 spiro atoms. The first kappa shape index (κ1) is 18.1. The second-order valence-corrected chi connectivity index (χ2v) is 7.68. The molecule has 3 rings (SSSR count). The van der Waals surface area contributed by atoms with Gasteiger partial charge in [-0.25, -0.2) is 0 Å². The Hall–Kier alpha value is -2.66. The fraction of sp³-hybridized carbons (Fsp3) is 0.250. The summed E-state index contributed by atoms with van der Waals surface area (Å²) in [7, 11) is 0. The van der Waals surface area contributed by atoms with Crippen molar-refractivity contribution in [3.8, 4) is 0 Å². The van der Waals surface area contributed by atoms with Crippen molar-refractivity contribution in [3.63, 3.8) is 0 Å². The minimum atomic E-state index is -0.968. The maximum absolute atomic E-state index is 13.0. The topological polar surface area (TPSA) is 72.2 Å². The summed E-state index contributed by atoms with van der Waals surface area (Å²) in [6.07, 6.45) is 2.99. The van der Waals surface area contributed by atoms with Gasteiger partial charge < -0.3 is 5.11 Å². The molecule has 26 heavy (non-hydrogen) atoms. The molecule has 0 aliphatic rings. The molecule has 5 nitrogen and oxygen atoms in total. The number of aliphatic carboxylic acids is 1. The number of rotatable bonds is 3. The smallest absolute Gasteiger partial charge is 0.307 e. The Balaban J connectivity index is 2.13. The Morgan fingerprint density at radius 3 is 2.58 bits per heavy atom. The van der Waals surface area contributed by atoms with E-state index in [2.05, 4.69) is 25.8 Å². The van der Waals surface area contributed by atoms with Crippen LogP contribution in [0.2, 0.25) is 5.02 Å². The van der Waals surface area contributed by atoms with E-state index in [0.29, 0.717) is 27.2 Å². The number of carbonyl (C=O) groups is 2. The molecule has 0 fully saturated rings. The van der Waals surface area contributed by atoms with E-state index in [0.717, 1.165) is 5.56 Å². The molecule has 0 atom stereocenters. The molecule has 0 amide bonds. The zero-order valence-corrected chi connectivity index (χ0v) is 15.5. The van der Waals surface area contributed by atoms with E-state index in [1.807, 2.05) is 6.07 Å². The molecule has 0 aliphatic carbocycles. The largest absolute Gasteiger partial charge is 0.481 e. The van der Waals surface area contributed by atoms with Crippen LogP contribution in [0.1, 0.15) is 42.4 Å². The lowest BCUT2D eigenvalue weighted by Crippen LogP contribution is -2.16. The summed E-state index contributed by atoms with van der Waals surface area (Å²) in [5.41, 5.74) is 2.35. The standard InChI is InChI=1S/C20H19ClN2O3/c1-20(2,3)13-6-7-22-16(9-13)19(26)23-11-12(8-18(24)25)15-10-14(21)4-5-17(15)23/h4-7,9-11H,8H2,1-3H3,(H,24,25). The van der Waals surface area contributed by atoms with Gasteiger partial charge in [-0.2, -0.15) is 0 Å². The van der Waals surface area contributed by atoms with Gasteiger partial charge in [0.2, 0.25) is 0 Å². The SMILES string of the molecule is CC(C)(C)c1ccnc(C(=O)n2cc(CC(=O)O)c3cc(Cl)ccc32)c1. The van der Waals surface area contributed by atoms with E-state index in [1.165, 1.54) is 4.57 Å². The number of nitrogens with zero attached hydrogens (tertiary/aromatic N) is 2. The van der Waals surface area contributed by atoms with E-state index < -0.39 is 5.97 Å². The Morgan fingerprint density at radius 2 is 1.92 bits per heavy atom. The van der Waals surface area contributed by atoms with Crippen LogP contribution in [-0.2, 0) is 16.6 Å². The summed E-state index contributed by atoms with van der Waals surface area (Å²) >= 11 is 6.05. The highest BCUT2D eigenvalue weighted by Gasteiger charge is 2.20. The summed E-state index contributed by atoms with van der Waals surface area (Å²) in [5.74, 6) is -1.27. The summed E-state index contributed by atoms with van der Waals surface area (Å²) in [6.45, 7) is 6.19. The molecular formula is C20H19ClN2O3. The van der Waals surface area contributed by atoms with Gasteiger partial charge in [-0.15, -0.1) is 0 Å². The molecule has 0 saturated heterocycles. The number of fused-ring (bicyclic) bond motifs is 1. The molecule has 2 aromatic heterocycles. The first-order valence-corrected chi connectivity index (χ1v) is 8.57. The van der Waals surface area contributed by atoms with Gasteiger partial charge in [-0.3, -0.25) is 19.1 Å². The van der Waals surface area contributed by atoms with Crippen molar-refractivity contribution in [2.45, 2.75) is 32.6 Å². The van der Waals surface area contributed by atoms with Gasteiger partial charge in [-0.05, 0) is 46.9 Å². The Labute approximate surface area is 156 Å². The number of hydrogen-bond acceptors (Lipinski definition) is 3. The van der Waals surface area contributed by atoms with Crippen LogP contribution in [-0.4, -0.2) is 26.5 Å². The number of carboxylic acid groups (broad SMARTS) is 1. The molecule has 0 bridgehead atoms. The summed E-state index contributed by atoms with van der Waals surface area (Å²) in [4.78, 5) is 28.4. The number of halogens is 1. The van der Waals surface area contributed by atoms with E-state index in [4.69, 9.17) is 16.7 Å². The number of carboxylic acids is 1. The van der Waals surface area contributed by atoms with Gasteiger partial charge in [0, 0.05) is 22.8 Å². The van der Waals surface area contributed by atoms with Crippen LogP contribution in [0.3, 0.4) is 0 Å². The van der Waals surface area contributed by atoms with E-state index in [-0.39, 0.29) is 17.7 Å². The van der Waals surface area contributed by atoms with Crippen molar-refractivity contribution in [2.24, 2.45) is 0 Å². The number of benzene rings is 1. The summed E-state index contributed by atoms with van der Waals surface area (Å²) < 4.78 is 1.44. The van der Waals surface area contributed by atoms with Crippen LogP contribution in [0.4, 0.5) is 0 Å². The first-order valence-electron chi connectivity index (χ1n) is 8.19. The molecule has 6 heteroatoms. The predicted octanol–water partition coefficient (Wildman–Crippen LogP) is 4.30. The van der Waals surface area contributed by atoms with E-state index in [1.54, 1.807) is 36.7 Å². The van der Waals surface area contributed by atoms with Gasteiger partial charge in [0.25, 0.3) is 5.91 Å². The Kier molecular flexibility index (Phi) is 4.59. The van der Waals surface area contributed by atoms with Crippen molar-refractivity contribution in [2.75, 3.05) is 0 Å².